The molecule has 0 saturated heterocycles. The van der Waals surface area contributed by atoms with E-state index in [4.69, 9.17) is 5.11 Å². The van der Waals surface area contributed by atoms with Crippen molar-refractivity contribution in [2.75, 3.05) is 6.54 Å². The summed E-state index contributed by atoms with van der Waals surface area (Å²) in [5.41, 5.74) is 1.52. The smallest absolute Gasteiger partial charge is 0.306 e. The Balaban J connectivity index is 3.17. The molecule has 0 fully saturated rings. The van der Waals surface area contributed by atoms with Crippen LogP contribution in [0.1, 0.15) is 26.2 Å². The van der Waals surface area contributed by atoms with Crippen LogP contribution in [0.3, 0.4) is 0 Å². The highest BCUT2D eigenvalue weighted by molar-refractivity contribution is 5.69. The average Bonchev–Trinajstić information content (AvgIpc) is 1.97. The van der Waals surface area contributed by atoms with Gasteiger partial charge in [0.15, 0.2) is 0 Å². The first-order valence-electron chi connectivity index (χ1n) is 3.74. The summed E-state index contributed by atoms with van der Waals surface area (Å²) < 4.78 is 11.3. The molecule has 0 aliphatic rings. The van der Waals surface area contributed by atoms with Crippen LogP contribution >= 0.6 is 0 Å². The van der Waals surface area contributed by atoms with Gasteiger partial charge in [-0.2, -0.15) is 5.54 Å². The molecule has 4 heteroatoms. The van der Waals surface area contributed by atoms with Crippen LogP contribution < -0.4 is 5.54 Å². The summed E-state index contributed by atoms with van der Waals surface area (Å²) in [4.78, 5) is 10.3. The number of nitrogens with one attached hydrogen (secondary N) is 1. The topological polar surface area (TPSA) is 49.3 Å². The number of hydrogen-bond acceptors (Lipinski definition) is 2. The molecule has 2 N–H and O–H groups in total. The summed E-state index contributed by atoms with van der Waals surface area (Å²) in [6.07, 6.45) is 2.07. The zero-order chi connectivity index (χ0) is 8.69. The van der Waals surface area contributed by atoms with Crippen LogP contribution in [0.15, 0.2) is 0 Å². The lowest BCUT2D eigenvalue weighted by Crippen LogP contribution is -2.10. The van der Waals surface area contributed by atoms with Crippen LogP contribution in [0.25, 0.3) is 0 Å². The minimum absolute atomic E-state index is 0.311. The van der Waals surface area contributed by atoms with Crippen molar-refractivity contribution in [1.82, 2.24) is 5.54 Å². The van der Waals surface area contributed by atoms with Crippen LogP contribution in [0.2, 0.25) is 0 Å². The van der Waals surface area contributed by atoms with Crippen LogP contribution in [0, 0.1) is 5.92 Å². The van der Waals surface area contributed by atoms with Crippen molar-refractivity contribution in [3.05, 3.63) is 0 Å². The molecule has 0 amide bonds. The molecule has 0 aromatic heterocycles. The van der Waals surface area contributed by atoms with E-state index in [1.54, 1.807) is 6.92 Å². The third kappa shape index (κ3) is 5.79. The van der Waals surface area contributed by atoms with Crippen molar-refractivity contribution in [2.24, 2.45) is 5.92 Å². The predicted octanol–water partition coefficient (Wildman–Crippen LogP) is 1.35. The number of aliphatic carboxylic acids is 1. The van der Waals surface area contributed by atoms with E-state index in [1.807, 2.05) is 0 Å². The molecular formula is C7H14FNO2. The minimum atomic E-state index is -0.779. The summed E-state index contributed by atoms with van der Waals surface area (Å²) in [5, 5.41) is 8.45. The standard InChI is InChI=1S/C7H14FNO2/c1-6(7(10)11)4-2-3-5-9-8/h6,9H,2-5H2,1H3,(H,10,11). The Labute approximate surface area is 65.5 Å². The number of rotatable bonds is 6. The molecule has 0 spiro atoms. The first-order chi connectivity index (χ1) is 5.18. The molecule has 0 aliphatic heterocycles. The van der Waals surface area contributed by atoms with Crippen LogP contribution in [0.5, 0.6) is 0 Å². The Hall–Kier alpha value is -0.640. The van der Waals surface area contributed by atoms with E-state index < -0.39 is 5.97 Å². The van der Waals surface area contributed by atoms with Crippen LogP contribution in [0.4, 0.5) is 4.48 Å². The van der Waals surface area contributed by atoms with Gasteiger partial charge in [-0.1, -0.05) is 13.3 Å². The van der Waals surface area contributed by atoms with E-state index in [1.165, 1.54) is 5.54 Å². The summed E-state index contributed by atoms with van der Waals surface area (Å²) >= 11 is 0. The maximum Gasteiger partial charge on any atom is 0.306 e. The number of halogens is 1. The van der Waals surface area contributed by atoms with Crippen molar-refractivity contribution >= 4 is 5.97 Å². The van der Waals surface area contributed by atoms with Crippen LogP contribution in [-0.4, -0.2) is 17.6 Å². The monoisotopic (exact) mass is 163 g/mol. The molecule has 0 bridgehead atoms. The number of carboxylic acids is 1. The first kappa shape index (κ1) is 10.4. The predicted molar refractivity (Wildman–Crippen MR) is 39.8 cm³/mol. The second-order valence-electron chi connectivity index (χ2n) is 2.62. The Morgan fingerprint density at radius 1 is 1.64 bits per heavy atom. The molecule has 3 nitrogen and oxygen atoms in total. The van der Waals surface area contributed by atoms with Gasteiger partial charge in [-0.15, -0.1) is 4.48 Å². The number of unbranched alkanes of at least 4 members (excludes halogenated alkanes) is 1. The SMILES string of the molecule is CC(CCCCNF)C(=O)O. The molecule has 66 valence electrons. The van der Waals surface area contributed by atoms with Gasteiger partial charge < -0.3 is 5.11 Å². The lowest BCUT2D eigenvalue weighted by molar-refractivity contribution is -0.141. The van der Waals surface area contributed by atoms with Gasteiger partial charge in [0.2, 0.25) is 0 Å². The highest BCUT2D eigenvalue weighted by atomic mass is 19.2. The summed E-state index contributed by atoms with van der Waals surface area (Å²) in [6, 6.07) is 0. The zero-order valence-corrected chi connectivity index (χ0v) is 6.64. The fourth-order valence-electron chi connectivity index (χ4n) is 0.766. The van der Waals surface area contributed by atoms with E-state index in [0.717, 1.165) is 6.42 Å². The largest absolute Gasteiger partial charge is 0.481 e. The van der Waals surface area contributed by atoms with Gasteiger partial charge in [0.1, 0.15) is 0 Å². The molecule has 11 heavy (non-hydrogen) atoms. The second-order valence-corrected chi connectivity index (χ2v) is 2.62. The molecule has 0 aliphatic carbocycles. The normalized spacial score (nSPS) is 12.9. The fourth-order valence-corrected chi connectivity index (χ4v) is 0.766. The molecule has 0 aromatic carbocycles. The zero-order valence-electron chi connectivity index (χ0n) is 6.64. The van der Waals surface area contributed by atoms with Gasteiger partial charge in [0.05, 0.1) is 5.92 Å². The highest BCUT2D eigenvalue weighted by Crippen LogP contribution is 2.06. The second kappa shape index (κ2) is 6.09. The highest BCUT2D eigenvalue weighted by Gasteiger charge is 2.08. The first-order valence-corrected chi connectivity index (χ1v) is 3.74. The molecule has 0 radical (unpaired) electrons. The molecule has 0 saturated carbocycles. The number of carboxylic acid groups (broad SMARTS) is 1. The van der Waals surface area contributed by atoms with Crippen molar-refractivity contribution in [3.63, 3.8) is 0 Å². The quantitative estimate of drug-likeness (QED) is 0.459. The maximum atomic E-state index is 11.3. The van der Waals surface area contributed by atoms with E-state index in [0.29, 0.717) is 19.4 Å². The third-order valence-electron chi connectivity index (χ3n) is 1.58. The average molecular weight is 163 g/mol. The van der Waals surface area contributed by atoms with E-state index >= 15 is 0 Å². The maximum absolute atomic E-state index is 11.3. The van der Waals surface area contributed by atoms with Gasteiger partial charge in [-0.05, 0) is 12.8 Å². The summed E-state index contributed by atoms with van der Waals surface area (Å²) in [5.74, 6) is -1.09. The minimum Gasteiger partial charge on any atom is -0.481 e. The summed E-state index contributed by atoms with van der Waals surface area (Å²) in [6.45, 7) is 1.97. The third-order valence-corrected chi connectivity index (χ3v) is 1.58. The molecule has 0 heterocycles. The molecule has 1 atom stereocenters. The van der Waals surface area contributed by atoms with Gasteiger partial charge in [0.25, 0.3) is 0 Å². The van der Waals surface area contributed by atoms with Crippen molar-refractivity contribution in [2.45, 2.75) is 26.2 Å². The van der Waals surface area contributed by atoms with Gasteiger partial charge in [0, 0.05) is 6.54 Å². The number of carbonyl (C=O) groups is 1. The lowest BCUT2D eigenvalue weighted by Gasteiger charge is -2.03. The Kier molecular flexibility index (Phi) is 5.74. The van der Waals surface area contributed by atoms with Crippen LogP contribution in [-0.2, 0) is 4.79 Å². The van der Waals surface area contributed by atoms with E-state index in [9.17, 15) is 9.28 Å². The Morgan fingerprint density at radius 2 is 2.27 bits per heavy atom. The molecule has 0 rings (SSSR count). The fraction of sp³-hybridized carbons (Fsp3) is 0.857. The van der Waals surface area contributed by atoms with Gasteiger partial charge >= 0.3 is 5.97 Å². The van der Waals surface area contributed by atoms with Crippen molar-refractivity contribution in [3.8, 4) is 0 Å². The van der Waals surface area contributed by atoms with Gasteiger partial charge in [-0.25, -0.2) is 0 Å². The molecule has 0 aromatic rings. The van der Waals surface area contributed by atoms with E-state index in [-0.39, 0.29) is 5.92 Å². The number of hydrogen-bond donors (Lipinski definition) is 2. The van der Waals surface area contributed by atoms with Crippen molar-refractivity contribution < 1.29 is 14.4 Å². The molecule has 1 unspecified atom stereocenters. The van der Waals surface area contributed by atoms with Gasteiger partial charge in [-0.3, -0.25) is 4.79 Å². The van der Waals surface area contributed by atoms with Crippen molar-refractivity contribution in [1.29, 1.82) is 0 Å². The lowest BCUT2D eigenvalue weighted by atomic mass is 10.0. The summed E-state index contributed by atoms with van der Waals surface area (Å²) in [7, 11) is 0. The molecular weight excluding hydrogens is 149 g/mol. The Bertz CT molecular complexity index is 119. The van der Waals surface area contributed by atoms with E-state index in [2.05, 4.69) is 0 Å². The Morgan fingerprint density at radius 3 is 2.73 bits per heavy atom.